The topological polar surface area (TPSA) is 76.3 Å². The molecule has 3 rings (SSSR count). The standard InChI is InChI=1S/C18H21ClF3N3O3S/c1-17(2,3)16-24-23-15(28-16)11-6-8-25(9-7-11)29(26,27)14-5-4-12(10-13(14)19)18(20,21)22/h4-5,10-11H,6-9H2,1-3H3. The SMILES string of the molecule is CC(C)(C)c1nnc(C2CCN(S(=O)(=O)c3ccc(C(F)(F)F)cc3Cl)CC2)o1. The number of sulfonamides is 1. The zero-order chi connectivity index (χ0) is 21.6. The summed E-state index contributed by atoms with van der Waals surface area (Å²) in [6.07, 6.45) is -3.67. The van der Waals surface area contributed by atoms with Gasteiger partial charge in [-0.15, -0.1) is 10.2 Å². The van der Waals surface area contributed by atoms with E-state index in [0.29, 0.717) is 30.7 Å². The monoisotopic (exact) mass is 451 g/mol. The first-order valence-electron chi connectivity index (χ1n) is 9.01. The summed E-state index contributed by atoms with van der Waals surface area (Å²) in [5, 5.41) is 7.70. The highest BCUT2D eigenvalue weighted by Gasteiger charge is 2.36. The van der Waals surface area contributed by atoms with Crippen molar-refractivity contribution in [1.29, 1.82) is 0 Å². The summed E-state index contributed by atoms with van der Waals surface area (Å²) in [5.74, 6) is 0.909. The molecule has 0 amide bonds. The lowest BCUT2D eigenvalue weighted by atomic mass is 9.97. The summed E-state index contributed by atoms with van der Waals surface area (Å²) in [6, 6.07) is 2.26. The van der Waals surface area contributed by atoms with E-state index >= 15 is 0 Å². The quantitative estimate of drug-likeness (QED) is 0.681. The maximum Gasteiger partial charge on any atom is 0.416 e. The largest absolute Gasteiger partial charge is 0.424 e. The van der Waals surface area contributed by atoms with E-state index in [1.165, 1.54) is 4.31 Å². The summed E-state index contributed by atoms with van der Waals surface area (Å²) in [7, 11) is -4.01. The molecular formula is C18H21ClF3N3O3S. The van der Waals surface area contributed by atoms with Gasteiger partial charge in [0.05, 0.1) is 10.6 Å². The van der Waals surface area contributed by atoms with Crippen LogP contribution >= 0.6 is 11.6 Å². The fourth-order valence-corrected chi connectivity index (χ4v) is 5.06. The first kappa shape index (κ1) is 22.0. The smallest absolute Gasteiger partial charge is 0.416 e. The van der Waals surface area contributed by atoms with Crippen molar-refractivity contribution in [3.63, 3.8) is 0 Å². The van der Waals surface area contributed by atoms with Crippen LogP contribution in [0.5, 0.6) is 0 Å². The van der Waals surface area contributed by atoms with Gasteiger partial charge in [-0.2, -0.15) is 17.5 Å². The molecule has 0 atom stereocenters. The Morgan fingerprint density at radius 1 is 1.14 bits per heavy atom. The predicted octanol–water partition coefficient (Wildman–Crippen LogP) is 4.61. The molecule has 0 N–H and O–H groups in total. The molecule has 6 nitrogen and oxygen atoms in total. The molecule has 160 valence electrons. The van der Waals surface area contributed by atoms with Crippen LogP contribution in [-0.2, 0) is 21.6 Å². The molecule has 0 radical (unpaired) electrons. The Morgan fingerprint density at radius 3 is 2.24 bits per heavy atom. The van der Waals surface area contributed by atoms with Crippen molar-refractivity contribution >= 4 is 21.6 Å². The minimum Gasteiger partial charge on any atom is -0.424 e. The van der Waals surface area contributed by atoms with Crippen LogP contribution in [0.25, 0.3) is 0 Å². The second-order valence-corrected chi connectivity index (χ2v) is 10.3. The van der Waals surface area contributed by atoms with E-state index in [4.69, 9.17) is 16.0 Å². The fraction of sp³-hybridized carbons (Fsp3) is 0.556. The molecule has 0 unspecified atom stereocenters. The lowest BCUT2D eigenvalue weighted by Crippen LogP contribution is -2.38. The van der Waals surface area contributed by atoms with E-state index in [2.05, 4.69) is 10.2 Å². The van der Waals surface area contributed by atoms with Crippen LogP contribution in [0.3, 0.4) is 0 Å². The molecule has 1 fully saturated rings. The van der Waals surface area contributed by atoms with Crippen molar-refractivity contribution in [3.8, 4) is 0 Å². The summed E-state index contributed by atoms with van der Waals surface area (Å²) >= 11 is 5.87. The van der Waals surface area contributed by atoms with E-state index < -0.39 is 26.8 Å². The van der Waals surface area contributed by atoms with E-state index in [9.17, 15) is 21.6 Å². The van der Waals surface area contributed by atoms with Crippen molar-refractivity contribution in [2.45, 2.75) is 56.0 Å². The molecule has 1 saturated heterocycles. The van der Waals surface area contributed by atoms with Crippen LogP contribution in [0.1, 0.15) is 56.9 Å². The molecule has 29 heavy (non-hydrogen) atoms. The number of hydrogen-bond acceptors (Lipinski definition) is 5. The van der Waals surface area contributed by atoms with Crippen LogP contribution in [0.15, 0.2) is 27.5 Å². The molecule has 11 heteroatoms. The molecular weight excluding hydrogens is 431 g/mol. The second kappa shape index (κ2) is 7.55. The minimum atomic E-state index is -4.60. The highest BCUT2D eigenvalue weighted by Crippen LogP contribution is 2.36. The normalized spacial score (nSPS) is 17.6. The average molecular weight is 452 g/mol. The summed E-state index contributed by atoms with van der Waals surface area (Å²) < 4.78 is 71.0. The average Bonchev–Trinajstić information content (AvgIpc) is 3.11. The van der Waals surface area contributed by atoms with Gasteiger partial charge >= 0.3 is 6.18 Å². The molecule has 1 aromatic heterocycles. The zero-order valence-corrected chi connectivity index (χ0v) is 17.7. The van der Waals surface area contributed by atoms with Gasteiger partial charge in [-0.3, -0.25) is 0 Å². The number of halogens is 4. The number of benzene rings is 1. The van der Waals surface area contributed by atoms with Crippen molar-refractivity contribution in [1.82, 2.24) is 14.5 Å². The fourth-order valence-electron chi connectivity index (χ4n) is 3.07. The van der Waals surface area contributed by atoms with Crippen LogP contribution in [0, 0.1) is 0 Å². The first-order chi connectivity index (χ1) is 13.3. The Kier molecular flexibility index (Phi) is 5.74. The number of alkyl halides is 3. The van der Waals surface area contributed by atoms with Crippen molar-refractivity contribution in [3.05, 3.63) is 40.6 Å². The highest BCUT2D eigenvalue weighted by molar-refractivity contribution is 7.89. The van der Waals surface area contributed by atoms with Crippen molar-refractivity contribution < 1.29 is 26.0 Å². The second-order valence-electron chi connectivity index (χ2n) is 8.02. The summed E-state index contributed by atoms with van der Waals surface area (Å²) in [4.78, 5) is -0.335. The zero-order valence-electron chi connectivity index (χ0n) is 16.1. The van der Waals surface area contributed by atoms with Gasteiger partial charge in [-0.1, -0.05) is 32.4 Å². The van der Waals surface area contributed by atoms with E-state index in [1.807, 2.05) is 20.8 Å². The lowest BCUT2D eigenvalue weighted by Gasteiger charge is -2.30. The van der Waals surface area contributed by atoms with Crippen LogP contribution in [0.4, 0.5) is 13.2 Å². The van der Waals surface area contributed by atoms with Gasteiger partial charge in [0.2, 0.25) is 21.8 Å². The maximum absolute atomic E-state index is 12.9. The first-order valence-corrected chi connectivity index (χ1v) is 10.8. The number of rotatable bonds is 3. The molecule has 0 aliphatic carbocycles. The number of nitrogens with zero attached hydrogens (tertiary/aromatic N) is 3. The molecule has 0 saturated carbocycles. The van der Waals surface area contributed by atoms with Gasteiger partial charge in [0.15, 0.2) is 0 Å². The van der Waals surface area contributed by atoms with Crippen LogP contribution in [0.2, 0.25) is 5.02 Å². The molecule has 1 aromatic carbocycles. The van der Waals surface area contributed by atoms with Crippen LogP contribution in [-0.4, -0.2) is 36.0 Å². The van der Waals surface area contributed by atoms with Gasteiger partial charge < -0.3 is 4.42 Å². The third-order valence-electron chi connectivity index (χ3n) is 4.76. The molecule has 1 aliphatic rings. The Hall–Kier alpha value is -1.65. The maximum atomic E-state index is 12.9. The van der Waals surface area contributed by atoms with E-state index in [-0.39, 0.29) is 29.3 Å². The van der Waals surface area contributed by atoms with Crippen molar-refractivity contribution in [2.24, 2.45) is 0 Å². The van der Waals surface area contributed by atoms with E-state index in [1.54, 1.807) is 0 Å². The third-order valence-corrected chi connectivity index (χ3v) is 7.14. The molecule has 2 heterocycles. The molecule has 1 aliphatic heterocycles. The number of hydrogen-bond donors (Lipinski definition) is 0. The van der Waals surface area contributed by atoms with Gasteiger partial charge in [0.1, 0.15) is 4.90 Å². The lowest BCUT2D eigenvalue weighted by molar-refractivity contribution is -0.137. The molecule has 0 bridgehead atoms. The van der Waals surface area contributed by atoms with Crippen molar-refractivity contribution in [2.75, 3.05) is 13.1 Å². The Balaban J connectivity index is 1.74. The number of aromatic nitrogens is 2. The van der Waals surface area contributed by atoms with Gasteiger partial charge in [0, 0.05) is 24.4 Å². The summed E-state index contributed by atoms with van der Waals surface area (Å²) in [5.41, 5.74) is -1.28. The Bertz CT molecular complexity index is 992. The number of piperidine rings is 1. The van der Waals surface area contributed by atoms with Gasteiger partial charge in [-0.05, 0) is 31.0 Å². The van der Waals surface area contributed by atoms with Crippen LogP contribution < -0.4 is 0 Å². The van der Waals surface area contributed by atoms with Gasteiger partial charge in [0.25, 0.3) is 0 Å². The third kappa shape index (κ3) is 4.59. The van der Waals surface area contributed by atoms with Gasteiger partial charge in [-0.25, -0.2) is 8.42 Å². The molecule has 0 spiro atoms. The summed E-state index contributed by atoms with van der Waals surface area (Å²) in [6.45, 7) is 6.21. The minimum absolute atomic E-state index is 0.0758. The Labute approximate surface area is 172 Å². The highest BCUT2D eigenvalue weighted by atomic mass is 35.5. The predicted molar refractivity (Wildman–Crippen MR) is 100 cm³/mol. The Morgan fingerprint density at radius 2 is 1.76 bits per heavy atom. The molecule has 2 aromatic rings. The van der Waals surface area contributed by atoms with E-state index in [0.717, 1.165) is 12.1 Å².